The number of hydrogen-bond acceptors (Lipinski definition) is 29. The minimum atomic E-state index is -4.58. The smallest absolute Gasteiger partial charge is 0.322 e. The van der Waals surface area contributed by atoms with Crippen LogP contribution in [0, 0.1) is 0 Å². The van der Waals surface area contributed by atoms with Crippen molar-refractivity contribution in [3.05, 3.63) is 349 Å². The Balaban J connectivity index is 0.000000208. The number of nitrogens with one attached hydrogen (secondary N) is 6. The second kappa shape index (κ2) is 49.0. The summed E-state index contributed by atoms with van der Waals surface area (Å²) in [6, 6.07) is 57.0. The van der Waals surface area contributed by atoms with Crippen molar-refractivity contribution in [2.75, 3.05) is 58.7 Å². The lowest BCUT2D eigenvalue weighted by atomic mass is 10.1. The molecular formula is C101H95ClF6N16O19S7. The Bertz CT molecular complexity index is 8310. The van der Waals surface area contributed by atoms with E-state index >= 15 is 0 Å². The second-order valence-electron chi connectivity index (χ2n) is 32.9. The molecule has 5 aromatic carbocycles. The molecule has 6 N–H and O–H groups in total. The number of rotatable bonds is 24. The molecule has 15 aromatic rings. The van der Waals surface area contributed by atoms with Gasteiger partial charge < -0.3 is 26.6 Å². The van der Waals surface area contributed by atoms with E-state index in [1.807, 2.05) is 0 Å². The molecule has 5 amide bonds. The first-order valence-electron chi connectivity index (χ1n) is 43.0. The third-order valence-electron chi connectivity index (χ3n) is 20.7. The largest absolute Gasteiger partial charge is 0.418 e. The van der Waals surface area contributed by atoms with Crippen molar-refractivity contribution in [3.63, 3.8) is 0 Å². The molecule has 784 valence electrons. The molecule has 35 nitrogen and oxygen atoms in total. The summed E-state index contributed by atoms with van der Waals surface area (Å²) in [6.45, 7) is 8.01. The van der Waals surface area contributed by atoms with E-state index in [0.717, 1.165) is 49.5 Å². The van der Waals surface area contributed by atoms with Crippen LogP contribution in [-0.2, 0) is 81.4 Å². The number of amides is 5. The molecule has 0 radical (unpaired) electrons. The van der Waals surface area contributed by atoms with Gasteiger partial charge in [0.05, 0.1) is 101 Å². The number of nitrogens with zero attached hydrogens (tertiary/aromatic N) is 10. The number of sulfone groups is 6. The molecule has 0 aliphatic rings. The molecule has 0 saturated carbocycles. The maximum atomic E-state index is 13.2. The zero-order valence-corrected chi connectivity index (χ0v) is 85.6. The number of sulfonamides is 1. The van der Waals surface area contributed by atoms with Gasteiger partial charge in [-0.1, -0.05) is 26.5 Å². The standard InChI is InChI=1S/C22H24N4O5S2.C21H18F3N3O3S.C19H14F3N3O3S.C19H17N3O5S2.C18H14ClN3O3S.2CH4/c1-22(2,3)32(28,29)17-10-8-16(9-11-17)26-21(27)15-7-12-18(25-14-15)20-19(6-5-13-24-20)33(30,31)23-4;1-13(2)31(29,30)16-8-6-15(7-9-16)27-20(28)18-10-5-14(12-26-18)19-17(21(22,23)24)4-3-11-25-19;1-29(27,28)14-7-5-13(6-8-14)25-18(26)12-4-9-16(24-11-12)17-15(19(20,21)22)3-2-10-23-17;1-28(24,25)15-8-6-14(7-9-15)22-19(23)16-10-5-13(12-21-16)18-17(29(2,26)27)4-3-11-20-18;1-26(24,25)14-7-5-13(6-8-14)22-18(23)12-4-9-16(21-11-12)17-15(19)3-2-10-20-17;;/h5-14,23H,1-4H3,(H,26,27);3-13H,1-2H3,(H,27,28);2-11H,1H3,(H,25,26);3-12H,1-2H3,(H,22,23);2-11H,1H3,(H,22,23);2*1H4. The monoisotopic (exact) mass is 2210 g/mol. The van der Waals surface area contributed by atoms with E-state index in [-0.39, 0.29) is 117 Å². The van der Waals surface area contributed by atoms with Gasteiger partial charge in [-0.05, 0) is 284 Å². The van der Waals surface area contributed by atoms with Crippen molar-refractivity contribution in [1.29, 1.82) is 0 Å². The van der Waals surface area contributed by atoms with Crippen LogP contribution in [0.3, 0.4) is 0 Å². The molecule has 10 heterocycles. The Hall–Kier alpha value is -15.6. The van der Waals surface area contributed by atoms with Crippen LogP contribution in [-0.4, -0.2) is 180 Å². The molecule has 0 aliphatic carbocycles. The number of hydrogen-bond donors (Lipinski definition) is 6. The van der Waals surface area contributed by atoms with E-state index in [1.165, 1.54) is 251 Å². The van der Waals surface area contributed by atoms with Crippen LogP contribution in [0.5, 0.6) is 0 Å². The molecule has 15 rings (SSSR count). The van der Waals surface area contributed by atoms with Gasteiger partial charge in [-0.15, -0.1) is 0 Å². The number of aromatic nitrogens is 10. The third-order valence-corrected chi connectivity index (χ3v) is 31.7. The molecule has 0 bridgehead atoms. The summed E-state index contributed by atoms with van der Waals surface area (Å²) < 4.78 is 247. The average Bonchev–Trinajstić information content (AvgIpc) is 0.804. The van der Waals surface area contributed by atoms with E-state index in [1.54, 1.807) is 71.1 Å². The van der Waals surface area contributed by atoms with Gasteiger partial charge in [0.1, 0.15) is 33.4 Å². The molecule has 49 heteroatoms. The zero-order chi connectivity index (χ0) is 108. The first-order valence-corrected chi connectivity index (χ1v) is 55.4. The highest BCUT2D eigenvalue weighted by Crippen LogP contribution is 2.39. The van der Waals surface area contributed by atoms with Gasteiger partial charge in [-0.3, -0.25) is 73.8 Å². The van der Waals surface area contributed by atoms with Gasteiger partial charge in [0.2, 0.25) is 10.0 Å². The number of carbonyl (C=O) groups is 5. The number of halogens is 7. The zero-order valence-electron chi connectivity index (χ0n) is 79.2. The topological polar surface area (TPSA) is 525 Å². The van der Waals surface area contributed by atoms with Gasteiger partial charge in [-0.25, -0.2) is 63.6 Å². The second-order valence-corrected chi connectivity index (χ2v) is 48.4. The molecule has 0 unspecified atom stereocenters. The van der Waals surface area contributed by atoms with E-state index in [2.05, 4.69) is 81.1 Å². The molecule has 0 aliphatic heterocycles. The lowest BCUT2D eigenvalue weighted by molar-refractivity contribution is -0.138. The number of anilines is 5. The van der Waals surface area contributed by atoms with Crippen molar-refractivity contribution in [3.8, 4) is 56.7 Å². The summed E-state index contributed by atoms with van der Waals surface area (Å²) in [5.74, 6) is -2.45. The molecule has 10 aromatic heterocycles. The van der Waals surface area contributed by atoms with E-state index in [4.69, 9.17) is 11.6 Å². The normalized spacial score (nSPS) is 11.7. The number of benzene rings is 5. The van der Waals surface area contributed by atoms with Crippen LogP contribution < -0.4 is 31.3 Å². The number of pyridine rings is 10. The van der Waals surface area contributed by atoms with Crippen molar-refractivity contribution in [2.24, 2.45) is 0 Å². The van der Waals surface area contributed by atoms with E-state index in [0.29, 0.717) is 56.0 Å². The summed E-state index contributed by atoms with van der Waals surface area (Å²) in [7, 11) is -22.8. The fourth-order valence-electron chi connectivity index (χ4n) is 12.9. The predicted molar refractivity (Wildman–Crippen MR) is 556 cm³/mol. The Labute approximate surface area is 866 Å². The summed E-state index contributed by atoms with van der Waals surface area (Å²) in [6.07, 6.45) is 8.66. The summed E-state index contributed by atoms with van der Waals surface area (Å²) in [5, 5.41) is 13.0. The van der Waals surface area contributed by atoms with Gasteiger partial charge in [0, 0.05) is 127 Å². The predicted octanol–water partition coefficient (Wildman–Crippen LogP) is 18.2. The summed E-state index contributed by atoms with van der Waals surface area (Å²) in [4.78, 5) is 103. The van der Waals surface area contributed by atoms with Crippen molar-refractivity contribution in [1.82, 2.24) is 54.6 Å². The van der Waals surface area contributed by atoms with Crippen molar-refractivity contribution in [2.45, 2.75) is 106 Å². The molecular weight excluding hydrogens is 2120 g/mol. The molecule has 0 atom stereocenters. The fourth-order valence-corrected chi connectivity index (χ4v) is 19.0. The van der Waals surface area contributed by atoms with Gasteiger partial charge >= 0.3 is 12.4 Å². The lowest BCUT2D eigenvalue weighted by Gasteiger charge is -2.19. The van der Waals surface area contributed by atoms with Gasteiger partial charge in [-0.2, -0.15) is 26.3 Å². The van der Waals surface area contributed by atoms with Gasteiger partial charge in [0.25, 0.3) is 29.5 Å². The van der Waals surface area contributed by atoms with Crippen molar-refractivity contribution < 1.29 is 109 Å². The van der Waals surface area contributed by atoms with Gasteiger partial charge in [0.15, 0.2) is 59.0 Å². The highest BCUT2D eigenvalue weighted by Gasteiger charge is 2.37. The van der Waals surface area contributed by atoms with Crippen LogP contribution >= 0.6 is 11.6 Å². The first-order chi connectivity index (χ1) is 69.3. The van der Waals surface area contributed by atoms with Crippen LogP contribution in [0.25, 0.3) is 56.7 Å². The molecule has 0 fully saturated rings. The highest BCUT2D eigenvalue weighted by atomic mass is 35.5. The third kappa shape index (κ3) is 31.0. The maximum absolute atomic E-state index is 13.2. The molecule has 0 spiro atoms. The average molecular weight is 2210 g/mol. The Morgan fingerprint density at radius 2 is 0.607 bits per heavy atom. The quantitative estimate of drug-likeness (QED) is 0.0306. The number of carbonyl (C=O) groups excluding carboxylic acids is 5. The lowest BCUT2D eigenvalue weighted by Crippen LogP contribution is -2.27. The van der Waals surface area contributed by atoms with E-state index < -0.39 is 126 Å². The van der Waals surface area contributed by atoms with Crippen molar-refractivity contribution >= 4 is 139 Å². The fraction of sp³-hybridized carbons (Fsp3) is 0.158. The molecule has 0 saturated heterocycles. The maximum Gasteiger partial charge on any atom is 0.418 e. The Morgan fingerprint density at radius 1 is 0.307 bits per heavy atom. The van der Waals surface area contributed by atoms with Crippen LogP contribution in [0.1, 0.15) is 113 Å². The Morgan fingerprint density at radius 3 is 0.927 bits per heavy atom. The molecule has 150 heavy (non-hydrogen) atoms. The van der Waals surface area contributed by atoms with Crippen LogP contribution in [0.15, 0.2) is 339 Å². The highest BCUT2D eigenvalue weighted by molar-refractivity contribution is 7.93. The summed E-state index contributed by atoms with van der Waals surface area (Å²) in [5.41, 5.74) is 2.75. The minimum absolute atomic E-state index is 0. The minimum Gasteiger partial charge on any atom is -0.322 e. The SMILES string of the molecule is C.C.CC(C)S(=O)(=O)c1ccc(NC(=O)c2ccc(-c3ncccc3C(F)(F)F)cn2)cc1.CNS(=O)(=O)c1cccnc1-c1ccc(C(=O)Nc2ccc(S(=O)(=O)C(C)(C)C)cc2)cn1.CS(=O)(=O)c1ccc(NC(=O)c2ccc(-c3ncccc3C(F)(F)F)nc2)cc1.CS(=O)(=O)c1ccc(NC(=O)c2ccc(-c3ncccc3Cl)nc2)cc1.CS(=O)(=O)c1ccc(NC(=O)c2ccc(-c3ncccc3S(C)(=O)=O)cn2)cc1. The van der Waals surface area contributed by atoms with Crippen LogP contribution in [0.2, 0.25) is 5.02 Å². The van der Waals surface area contributed by atoms with Crippen LogP contribution in [0.4, 0.5) is 54.8 Å². The Kier molecular flexibility index (Phi) is 38.6. The number of alkyl halides is 6. The summed E-state index contributed by atoms with van der Waals surface area (Å²) >= 11 is 6.09. The van der Waals surface area contributed by atoms with E-state index in [9.17, 15) is 109 Å². The first kappa shape index (κ1) is 118.